The lowest BCUT2D eigenvalue weighted by atomic mass is 10.1. The molecule has 9 nitrogen and oxygen atoms in total. The fourth-order valence-corrected chi connectivity index (χ4v) is 3.65. The van der Waals surface area contributed by atoms with Crippen LogP contribution in [0, 0.1) is 24.6 Å². The topological polar surface area (TPSA) is 97.5 Å². The molecule has 0 aliphatic heterocycles. The molecule has 3 aromatic heterocycles. The summed E-state index contributed by atoms with van der Waals surface area (Å²) >= 11 is 0. The zero-order valence-electron chi connectivity index (χ0n) is 19.7. The van der Waals surface area contributed by atoms with Gasteiger partial charge in [0.15, 0.2) is 11.5 Å². The first kappa shape index (κ1) is 22.7. The van der Waals surface area contributed by atoms with Crippen molar-refractivity contribution in [2.45, 2.75) is 13.8 Å². The molecule has 36 heavy (non-hydrogen) atoms. The van der Waals surface area contributed by atoms with E-state index in [9.17, 15) is 4.79 Å². The number of rotatable bonds is 5. The van der Waals surface area contributed by atoms with E-state index < -0.39 is 5.82 Å². The molecule has 0 atom stereocenters. The second kappa shape index (κ2) is 9.31. The lowest BCUT2D eigenvalue weighted by molar-refractivity contribution is -0.113. The predicted octanol–water partition coefficient (Wildman–Crippen LogP) is 4.64. The van der Waals surface area contributed by atoms with E-state index in [4.69, 9.17) is 4.74 Å². The van der Waals surface area contributed by atoms with Gasteiger partial charge in [-0.1, -0.05) is 5.92 Å². The average Bonchev–Trinajstić information content (AvgIpc) is 3.36. The van der Waals surface area contributed by atoms with Gasteiger partial charge < -0.3 is 15.0 Å². The lowest BCUT2D eigenvalue weighted by Crippen LogP contribution is -2.24. The third-order valence-electron chi connectivity index (χ3n) is 5.61. The van der Waals surface area contributed by atoms with Crippen LogP contribution in [-0.2, 0) is 4.79 Å². The van der Waals surface area contributed by atoms with Crippen molar-refractivity contribution in [1.29, 1.82) is 0 Å². The number of halogens is 1. The minimum atomic E-state index is -0.482. The van der Waals surface area contributed by atoms with Crippen LogP contribution in [0.25, 0.3) is 16.6 Å². The van der Waals surface area contributed by atoms with Crippen molar-refractivity contribution in [2.75, 3.05) is 17.3 Å². The Morgan fingerprint density at radius 2 is 1.97 bits per heavy atom. The SMILES string of the molecule is CC#CC(=O)N(C)c1ccc2ncnc(Nc3ccc(Oc4ccn5ncnc5c4)c(C)c3F)c2c1. The van der Waals surface area contributed by atoms with Crippen LogP contribution in [0.15, 0.2) is 61.3 Å². The quantitative estimate of drug-likeness (QED) is 0.365. The summed E-state index contributed by atoms with van der Waals surface area (Å²) in [5.41, 5.74) is 2.41. The van der Waals surface area contributed by atoms with E-state index in [-0.39, 0.29) is 11.6 Å². The van der Waals surface area contributed by atoms with Crippen LogP contribution in [0.5, 0.6) is 11.5 Å². The fourth-order valence-electron chi connectivity index (χ4n) is 3.65. The third kappa shape index (κ3) is 4.25. The third-order valence-corrected chi connectivity index (χ3v) is 5.61. The van der Waals surface area contributed by atoms with Gasteiger partial charge in [0.05, 0.1) is 11.2 Å². The number of nitrogens with zero attached hydrogens (tertiary/aromatic N) is 6. The van der Waals surface area contributed by atoms with Gasteiger partial charge >= 0.3 is 5.91 Å². The van der Waals surface area contributed by atoms with Crippen molar-refractivity contribution in [3.05, 3.63) is 72.7 Å². The van der Waals surface area contributed by atoms with Crippen molar-refractivity contribution in [3.8, 4) is 23.3 Å². The normalized spacial score (nSPS) is 10.7. The maximum absolute atomic E-state index is 15.4. The van der Waals surface area contributed by atoms with E-state index in [0.717, 1.165) is 0 Å². The number of nitrogens with one attached hydrogen (secondary N) is 1. The number of pyridine rings is 1. The number of carbonyl (C=O) groups is 1. The minimum Gasteiger partial charge on any atom is -0.457 e. The van der Waals surface area contributed by atoms with Gasteiger partial charge in [0, 0.05) is 35.9 Å². The van der Waals surface area contributed by atoms with E-state index in [0.29, 0.717) is 45.1 Å². The Labute approximate surface area is 205 Å². The smallest absolute Gasteiger partial charge is 0.302 e. The molecule has 0 saturated carbocycles. The van der Waals surface area contributed by atoms with Gasteiger partial charge in [-0.15, -0.1) is 0 Å². The number of anilines is 3. The molecule has 5 rings (SSSR count). The van der Waals surface area contributed by atoms with Crippen molar-refractivity contribution in [2.24, 2.45) is 0 Å². The minimum absolute atomic E-state index is 0.222. The molecule has 5 aromatic rings. The molecule has 178 valence electrons. The Balaban J connectivity index is 1.45. The number of amides is 1. The number of aromatic nitrogens is 5. The van der Waals surface area contributed by atoms with E-state index in [1.807, 2.05) is 0 Å². The molecular weight excluding hydrogens is 461 g/mol. The summed E-state index contributed by atoms with van der Waals surface area (Å²) in [6.07, 6.45) is 4.55. The van der Waals surface area contributed by atoms with E-state index in [2.05, 4.69) is 37.2 Å². The fraction of sp³-hybridized carbons (Fsp3) is 0.115. The zero-order chi connectivity index (χ0) is 25.2. The number of hydrogen-bond donors (Lipinski definition) is 1. The van der Waals surface area contributed by atoms with Crippen LogP contribution in [0.4, 0.5) is 21.6 Å². The van der Waals surface area contributed by atoms with Crippen LogP contribution in [0.1, 0.15) is 12.5 Å². The van der Waals surface area contributed by atoms with Gasteiger partial charge in [0.1, 0.15) is 30.0 Å². The summed E-state index contributed by atoms with van der Waals surface area (Å²) in [5.74, 6) is 5.56. The Morgan fingerprint density at radius 3 is 2.81 bits per heavy atom. The van der Waals surface area contributed by atoms with Crippen LogP contribution < -0.4 is 15.0 Å². The Kier molecular flexibility index (Phi) is 5.88. The molecule has 1 N–H and O–H groups in total. The highest BCUT2D eigenvalue weighted by Gasteiger charge is 2.15. The largest absolute Gasteiger partial charge is 0.457 e. The number of fused-ring (bicyclic) bond motifs is 2. The lowest BCUT2D eigenvalue weighted by Gasteiger charge is -2.16. The van der Waals surface area contributed by atoms with Gasteiger partial charge in [-0.3, -0.25) is 4.79 Å². The maximum Gasteiger partial charge on any atom is 0.302 e. The second-order valence-corrected chi connectivity index (χ2v) is 7.87. The molecule has 0 radical (unpaired) electrons. The molecular formula is C26H20FN7O2. The first-order chi connectivity index (χ1) is 17.4. The average molecular weight is 481 g/mol. The predicted molar refractivity (Wildman–Crippen MR) is 134 cm³/mol. The Bertz CT molecular complexity index is 1690. The summed E-state index contributed by atoms with van der Waals surface area (Å²) in [6.45, 7) is 3.24. The number of ether oxygens (including phenoxy) is 1. The molecule has 2 aromatic carbocycles. The molecule has 0 aliphatic rings. The standard InChI is InChI=1S/C26H20FN7O2/c1-4-5-24(35)33(3)17-6-7-20-19(12-17)26(30-14-28-20)32-21-8-9-22(16(2)25(21)27)36-18-10-11-34-23(13-18)29-15-31-34/h6-15H,1-3H3,(H,28,30,32). The molecule has 10 heteroatoms. The zero-order valence-corrected chi connectivity index (χ0v) is 19.7. The highest BCUT2D eigenvalue weighted by Crippen LogP contribution is 2.33. The van der Waals surface area contributed by atoms with Crippen LogP contribution in [-0.4, -0.2) is 37.5 Å². The van der Waals surface area contributed by atoms with Gasteiger partial charge in [0.2, 0.25) is 0 Å². The molecule has 0 fully saturated rings. The molecule has 0 saturated heterocycles. The first-order valence-electron chi connectivity index (χ1n) is 10.9. The van der Waals surface area contributed by atoms with E-state index >= 15 is 4.39 Å². The molecule has 3 heterocycles. The van der Waals surface area contributed by atoms with E-state index in [1.54, 1.807) is 74.1 Å². The molecule has 0 spiro atoms. The Morgan fingerprint density at radius 1 is 1.11 bits per heavy atom. The van der Waals surface area contributed by atoms with Gasteiger partial charge in [-0.25, -0.2) is 23.9 Å². The Hall–Kier alpha value is -5.04. The summed E-state index contributed by atoms with van der Waals surface area (Å²) < 4.78 is 22.9. The number of hydrogen-bond acceptors (Lipinski definition) is 7. The monoisotopic (exact) mass is 481 g/mol. The van der Waals surface area contributed by atoms with Crippen LogP contribution in [0.3, 0.4) is 0 Å². The van der Waals surface area contributed by atoms with Crippen molar-refractivity contribution in [3.63, 3.8) is 0 Å². The molecule has 0 bridgehead atoms. The van der Waals surface area contributed by atoms with Crippen molar-refractivity contribution < 1.29 is 13.9 Å². The molecule has 1 amide bonds. The molecule has 0 aliphatic carbocycles. The molecule has 0 unspecified atom stereocenters. The highest BCUT2D eigenvalue weighted by atomic mass is 19.1. The van der Waals surface area contributed by atoms with Gasteiger partial charge in [-0.05, 0) is 56.2 Å². The first-order valence-corrected chi connectivity index (χ1v) is 10.9. The number of benzene rings is 2. The summed E-state index contributed by atoms with van der Waals surface area (Å²) in [5, 5.41) is 7.73. The van der Waals surface area contributed by atoms with Gasteiger partial charge in [-0.2, -0.15) is 5.10 Å². The van der Waals surface area contributed by atoms with Gasteiger partial charge in [0.25, 0.3) is 0 Å². The highest BCUT2D eigenvalue weighted by molar-refractivity contribution is 6.06. The summed E-state index contributed by atoms with van der Waals surface area (Å²) in [7, 11) is 1.63. The second-order valence-electron chi connectivity index (χ2n) is 7.87. The van der Waals surface area contributed by atoms with Crippen LogP contribution >= 0.6 is 0 Å². The van der Waals surface area contributed by atoms with Crippen molar-refractivity contribution in [1.82, 2.24) is 24.6 Å². The number of carbonyl (C=O) groups excluding carboxylic acids is 1. The van der Waals surface area contributed by atoms with Crippen molar-refractivity contribution >= 4 is 39.6 Å². The van der Waals surface area contributed by atoms with E-state index in [1.165, 1.54) is 17.6 Å². The summed E-state index contributed by atoms with van der Waals surface area (Å²) in [6, 6.07) is 12.0. The maximum atomic E-state index is 15.4. The summed E-state index contributed by atoms with van der Waals surface area (Å²) in [4.78, 5) is 26.3. The van der Waals surface area contributed by atoms with Crippen LogP contribution in [0.2, 0.25) is 0 Å².